The molecule has 4 rings (SSSR count). The highest BCUT2D eigenvalue weighted by Gasteiger charge is 2.28. The molecule has 0 fully saturated rings. The first kappa shape index (κ1) is 14.5. The maximum absolute atomic E-state index is 11.4. The van der Waals surface area contributed by atoms with E-state index < -0.39 is 0 Å². The van der Waals surface area contributed by atoms with Gasteiger partial charge in [0, 0.05) is 22.6 Å². The van der Waals surface area contributed by atoms with Crippen LogP contribution in [-0.2, 0) is 6.61 Å². The number of rotatable bonds is 3. The topological polar surface area (TPSA) is 53.3 Å². The van der Waals surface area contributed by atoms with Crippen LogP contribution in [0.3, 0.4) is 0 Å². The van der Waals surface area contributed by atoms with Crippen LogP contribution in [-0.4, -0.2) is 23.2 Å². The van der Waals surface area contributed by atoms with E-state index in [-0.39, 0.29) is 0 Å². The van der Waals surface area contributed by atoms with Crippen LogP contribution in [0, 0.1) is 0 Å². The number of carbonyl (C=O) groups excluding carboxylic acids is 1. The van der Waals surface area contributed by atoms with E-state index in [1.54, 1.807) is 23.1 Å². The molecule has 0 N–H and O–H groups in total. The number of methoxy groups -OCH3 is 1. The molecule has 2 aromatic heterocycles. The molecule has 3 heterocycles. The van der Waals surface area contributed by atoms with Crippen molar-refractivity contribution in [1.29, 1.82) is 0 Å². The van der Waals surface area contributed by atoms with Gasteiger partial charge in [0.15, 0.2) is 6.29 Å². The van der Waals surface area contributed by atoms with E-state index in [9.17, 15) is 4.79 Å². The quantitative estimate of drug-likeness (QED) is 0.632. The molecule has 0 unspecified atom stereocenters. The monoisotopic (exact) mass is 390 g/mol. The lowest BCUT2D eigenvalue weighted by atomic mass is 10.0. The summed E-state index contributed by atoms with van der Waals surface area (Å²) in [6.45, 7) is 0.311. The van der Waals surface area contributed by atoms with Gasteiger partial charge in [0.1, 0.15) is 23.8 Å². The van der Waals surface area contributed by atoms with Crippen molar-refractivity contribution in [3.63, 3.8) is 0 Å². The highest BCUT2D eigenvalue weighted by Crippen LogP contribution is 2.44. The summed E-state index contributed by atoms with van der Waals surface area (Å²) in [5.74, 6) is 1.41. The van der Waals surface area contributed by atoms with Crippen LogP contribution < -0.4 is 9.47 Å². The van der Waals surface area contributed by atoms with Crippen molar-refractivity contribution >= 4 is 33.6 Å². The second kappa shape index (κ2) is 5.50. The Labute approximate surface area is 144 Å². The van der Waals surface area contributed by atoms with Crippen LogP contribution in [0.15, 0.2) is 33.4 Å². The Morgan fingerprint density at radius 1 is 1.48 bits per heavy atom. The van der Waals surface area contributed by atoms with Gasteiger partial charge in [-0.1, -0.05) is 0 Å². The van der Waals surface area contributed by atoms with Crippen molar-refractivity contribution in [3.8, 4) is 28.4 Å². The number of benzene rings is 1. The van der Waals surface area contributed by atoms with E-state index in [0.29, 0.717) is 23.8 Å². The van der Waals surface area contributed by atoms with Crippen LogP contribution in [0.4, 0.5) is 0 Å². The molecule has 0 aliphatic carbocycles. The van der Waals surface area contributed by atoms with Crippen LogP contribution >= 0.6 is 27.3 Å². The van der Waals surface area contributed by atoms with Gasteiger partial charge in [-0.15, -0.1) is 0 Å². The zero-order valence-corrected chi connectivity index (χ0v) is 14.5. The molecule has 1 aliphatic heterocycles. The zero-order valence-electron chi connectivity index (χ0n) is 12.1. The molecule has 1 aliphatic rings. The van der Waals surface area contributed by atoms with E-state index in [2.05, 4.69) is 21.0 Å². The molecule has 0 radical (unpaired) electrons. The Morgan fingerprint density at radius 3 is 3.04 bits per heavy atom. The molecule has 0 saturated heterocycles. The normalized spacial score (nSPS) is 12.3. The zero-order chi connectivity index (χ0) is 16.0. The van der Waals surface area contributed by atoms with E-state index in [4.69, 9.17) is 9.47 Å². The van der Waals surface area contributed by atoms with Gasteiger partial charge in [0.2, 0.25) is 0 Å². The number of aromatic nitrogens is 2. The van der Waals surface area contributed by atoms with Crippen LogP contribution in [0.1, 0.15) is 16.1 Å². The lowest BCUT2D eigenvalue weighted by Gasteiger charge is -2.20. The van der Waals surface area contributed by atoms with E-state index in [0.717, 1.165) is 33.3 Å². The van der Waals surface area contributed by atoms with Crippen LogP contribution in [0.2, 0.25) is 0 Å². The molecule has 1 aromatic carbocycles. The van der Waals surface area contributed by atoms with Gasteiger partial charge >= 0.3 is 0 Å². The average Bonchev–Trinajstić information content (AvgIpc) is 3.21. The Hall–Kier alpha value is -2.12. The summed E-state index contributed by atoms with van der Waals surface area (Å²) in [7, 11) is 1.61. The van der Waals surface area contributed by atoms with Crippen LogP contribution in [0.5, 0.6) is 11.5 Å². The average molecular weight is 391 g/mol. The largest absolute Gasteiger partial charge is 0.495 e. The van der Waals surface area contributed by atoms with Crippen molar-refractivity contribution in [3.05, 3.63) is 44.7 Å². The number of nitrogens with zero attached hydrogens (tertiary/aromatic N) is 2. The summed E-state index contributed by atoms with van der Waals surface area (Å²) in [5, 5.41) is 8.43. The first-order chi connectivity index (χ1) is 11.2. The second-order valence-electron chi connectivity index (χ2n) is 5.00. The van der Waals surface area contributed by atoms with Gasteiger partial charge in [-0.2, -0.15) is 16.4 Å². The van der Waals surface area contributed by atoms with Gasteiger partial charge in [-0.25, -0.2) is 4.68 Å². The van der Waals surface area contributed by atoms with Crippen molar-refractivity contribution in [2.45, 2.75) is 6.61 Å². The maximum Gasteiger partial charge on any atom is 0.170 e. The lowest BCUT2D eigenvalue weighted by molar-refractivity contribution is 0.111. The predicted molar refractivity (Wildman–Crippen MR) is 90.8 cm³/mol. The Balaban J connectivity index is 2.01. The fraction of sp³-hybridized carbons (Fsp3) is 0.125. The number of halogens is 1. The minimum atomic E-state index is 0.311. The second-order valence-corrected chi connectivity index (χ2v) is 6.63. The molecule has 3 aromatic rings. The van der Waals surface area contributed by atoms with E-state index in [1.165, 1.54) is 0 Å². The molecule has 116 valence electrons. The minimum absolute atomic E-state index is 0.311. The Morgan fingerprint density at radius 2 is 2.35 bits per heavy atom. The number of fused-ring (bicyclic) bond motifs is 3. The van der Waals surface area contributed by atoms with Gasteiger partial charge < -0.3 is 9.47 Å². The van der Waals surface area contributed by atoms with Gasteiger partial charge in [0.25, 0.3) is 0 Å². The molecular weight excluding hydrogens is 380 g/mol. The summed E-state index contributed by atoms with van der Waals surface area (Å²) in [5.41, 5.74) is 3.90. The minimum Gasteiger partial charge on any atom is -0.495 e. The molecule has 5 nitrogen and oxygen atoms in total. The fourth-order valence-electron chi connectivity index (χ4n) is 2.69. The number of ether oxygens (including phenoxy) is 2. The summed E-state index contributed by atoms with van der Waals surface area (Å²) < 4.78 is 13.8. The van der Waals surface area contributed by atoms with Crippen molar-refractivity contribution in [1.82, 2.24) is 9.78 Å². The smallest absolute Gasteiger partial charge is 0.170 e. The third kappa shape index (κ3) is 2.19. The molecule has 0 saturated carbocycles. The Kier molecular flexibility index (Phi) is 3.46. The Bertz CT molecular complexity index is 903. The maximum atomic E-state index is 11.4. The molecule has 7 heteroatoms. The predicted octanol–water partition coefficient (Wildman–Crippen LogP) is 4.08. The molecule has 23 heavy (non-hydrogen) atoms. The summed E-state index contributed by atoms with van der Waals surface area (Å²) >= 11 is 5.09. The SMILES string of the molecule is COc1cc2c(cc1Br)-c1c(c(C=O)nn1-c1ccsc1)CO2. The highest BCUT2D eigenvalue weighted by atomic mass is 79.9. The fourth-order valence-corrected chi connectivity index (χ4v) is 3.81. The first-order valence-corrected chi connectivity index (χ1v) is 8.57. The molecule has 0 amide bonds. The number of hydrogen-bond acceptors (Lipinski definition) is 5. The van der Waals surface area contributed by atoms with E-state index in [1.807, 2.05) is 29.0 Å². The molecule has 0 bridgehead atoms. The van der Waals surface area contributed by atoms with Gasteiger partial charge in [-0.05, 0) is 33.4 Å². The van der Waals surface area contributed by atoms with E-state index >= 15 is 0 Å². The third-order valence-electron chi connectivity index (χ3n) is 3.76. The van der Waals surface area contributed by atoms with Gasteiger partial charge in [0.05, 0.1) is 23.0 Å². The third-order valence-corrected chi connectivity index (χ3v) is 5.05. The van der Waals surface area contributed by atoms with Crippen molar-refractivity contribution < 1.29 is 14.3 Å². The highest BCUT2D eigenvalue weighted by molar-refractivity contribution is 9.10. The van der Waals surface area contributed by atoms with Crippen molar-refractivity contribution in [2.24, 2.45) is 0 Å². The van der Waals surface area contributed by atoms with Crippen molar-refractivity contribution in [2.75, 3.05) is 7.11 Å². The number of hydrogen-bond donors (Lipinski definition) is 0. The van der Waals surface area contributed by atoms with Gasteiger partial charge in [-0.3, -0.25) is 4.79 Å². The summed E-state index contributed by atoms with van der Waals surface area (Å²) in [6.07, 6.45) is 0.772. The summed E-state index contributed by atoms with van der Waals surface area (Å²) in [6, 6.07) is 5.75. The first-order valence-electron chi connectivity index (χ1n) is 6.83. The lowest BCUT2D eigenvalue weighted by Crippen LogP contribution is -2.08. The standard InChI is InChI=1S/C16H11BrN2O3S/c1-21-15-5-14-10(4-12(15)17)16-11(7-22-14)13(6-20)18-19(16)9-2-3-23-8-9/h2-6,8H,7H2,1H3. The number of carbonyl (C=O) groups is 1. The van der Waals surface area contributed by atoms with Crippen LogP contribution in [0.25, 0.3) is 16.9 Å². The molecule has 0 atom stereocenters. The molecular formula is C16H11BrN2O3S. The summed E-state index contributed by atoms with van der Waals surface area (Å²) in [4.78, 5) is 11.4. The number of thiophene rings is 1. The number of aldehydes is 1. The molecule has 0 spiro atoms.